The molecular formula is C25H31N5O6. The van der Waals surface area contributed by atoms with Gasteiger partial charge in [0.15, 0.2) is 29.6 Å². The number of methoxy groups -OCH3 is 1. The third-order valence-electron chi connectivity index (χ3n) is 7.25. The van der Waals surface area contributed by atoms with Crippen molar-refractivity contribution in [3.8, 4) is 11.5 Å². The molecule has 2 aromatic rings. The minimum absolute atomic E-state index is 0.110. The molecule has 1 amide bonds. The Morgan fingerprint density at radius 3 is 2.58 bits per heavy atom. The fraction of sp³-hybridized carbons (Fsp3) is 0.520. The standard InChI is InChI=1S/C25H31N5O6/c1-15(32)25(2)14-30(24(34)19(33)13-31)12-18(25)16-5-6-20(35-4)21(7-16)36-17-10-29(11-17)23-9-27-22(26-3)8-28-23/h5-9,15,17-19,31-33H,10-14H2,1-2,4H3/t15-,18+,19+,25+/m1/s1. The molecular weight excluding hydrogens is 466 g/mol. The van der Waals surface area contributed by atoms with Gasteiger partial charge in [-0.1, -0.05) is 19.6 Å². The van der Waals surface area contributed by atoms with Gasteiger partial charge in [-0.25, -0.2) is 4.98 Å². The maximum atomic E-state index is 12.6. The van der Waals surface area contributed by atoms with Crippen molar-refractivity contribution in [2.75, 3.05) is 44.8 Å². The SMILES string of the molecule is [C-]#[N+]c1cnc(N2CC(Oc3cc([C@@H]4CN(C(=O)[C@@H](O)CO)C[C@@]4(C)[C@@H](C)O)ccc3OC)C2)cn1. The minimum atomic E-state index is -1.49. The van der Waals surface area contributed by atoms with Crippen molar-refractivity contribution in [2.45, 2.75) is 38.1 Å². The number of amides is 1. The van der Waals surface area contributed by atoms with Crippen LogP contribution < -0.4 is 14.4 Å². The molecule has 192 valence electrons. The van der Waals surface area contributed by atoms with Crippen LogP contribution in [0.1, 0.15) is 25.3 Å². The van der Waals surface area contributed by atoms with Crippen LogP contribution in [0.2, 0.25) is 0 Å². The van der Waals surface area contributed by atoms with Crippen LogP contribution in [0, 0.1) is 12.0 Å². The first-order valence-corrected chi connectivity index (χ1v) is 11.7. The highest BCUT2D eigenvalue weighted by atomic mass is 16.5. The highest BCUT2D eigenvalue weighted by Gasteiger charge is 2.49. The van der Waals surface area contributed by atoms with Crippen LogP contribution in [0.5, 0.6) is 11.5 Å². The fourth-order valence-electron chi connectivity index (χ4n) is 4.80. The van der Waals surface area contributed by atoms with Crippen LogP contribution >= 0.6 is 0 Å². The summed E-state index contributed by atoms with van der Waals surface area (Å²) < 4.78 is 11.8. The van der Waals surface area contributed by atoms with E-state index < -0.39 is 30.1 Å². The van der Waals surface area contributed by atoms with Gasteiger partial charge in [0.1, 0.15) is 6.10 Å². The van der Waals surface area contributed by atoms with Crippen LogP contribution in [0.4, 0.5) is 11.6 Å². The number of likely N-dealkylation sites (tertiary alicyclic amines) is 1. The van der Waals surface area contributed by atoms with Crippen molar-refractivity contribution in [1.29, 1.82) is 0 Å². The van der Waals surface area contributed by atoms with E-state index >= 15 is 0 Å². The Morgan fingerprint density at radius 2 is 2.00 bits per heavy atom. The molecule has 0 saturated carbocycles. The van der Waals surface area contributed by atoms with Crippen molar-refractivity contribution < 1.29 is 29.6 Å². The lowest BCUT2D eigenvalue weighted by Gasteiger charge is -2.39. The molecule has 4 atom stereocenters. The van der Waals surface area contributed by atoms with E-state index in [1.54, 1.807) is 20.2 Å². The number of ether oxygens (including phenoxy) is 2. The second kappa shape index (κ2) is 10.3. The zero-order valence-corrected chi connectivity index (χ0v) is 20.5. The summed E-state index contributed by atoms with van der Waals surface area (Å²) in [5.74, 6) is 1.27. The second-order valence-electron chi connectivity index (χ2n) is 9.55. The van der Waals surface area contributed by atoms with Gasteiger partial charge >= 0.3 is 0 Å². The molecule has 11 heteroatoms. The highest BCUT2D eigenvalue weighted by Crippen LogP contribution is 2.47. The number of hydrogen-bond donors (Lipinski definition) is 3. The van der Waals surface area contributed by atoms with E-state index in [-0.39, 0.29) is 24.4 Å². The molecule has 1 aromatic carbocycles. The smallest absolute Gasteiger partial charge is 0.288 e. The van der Waals surface area contributed by atoms with E-state index in [0.717, 1.165) is 5.56 Å². The van der Waals surface area contributed by atoms with E-state index in [4.69, 9.17) is 16.0 Å². The van der Waals surface area contributed by atoms with Crippen molar-refractivity contribution >= 4 is 17.5 Å². The molecule has 3 N–H and O–H groups in total. The molecule has 0 aliphatic carbocycles. The Labute approximate surface area is 209 Å². The van der Waals surface area contributed by atoms with E-state index in [1.807, 2.05) is 30.0 Å². The molecule has 0 radical (unpaired) electrons. The molecule has 0 bridgehead atoms. The van der Waals surface area contributed by atoms with Crippen LogP contribution in [0.25, 0.3) is 4.85 Å². The number of anilines is 1. The summed E-state index contributed by atoms with van der Waals surface area (Å²) in [6, 6.07) is 5.59. The number of aliphatic hydroxyl groups is 3. The predicted molar refractivity (Wildman–Crippen MR) is 130 cm³/mol. The Balaban J connectivity index is 1.51. The molecule has 2 fully saturated rings. The first-order valence-electron chi connectivity index (χ1n) is 11.7. The zero-order valence-electron chi connectivity index (χ0n) is 20.5. The number of nitrogens with zero attached hydrogens (tertiary/aromatic N) is 5. The summed E-state index contributed by atoms with van der Waals surface area (Å²) in [6.07, 6.45) is 0.690. The van der Waals surface area contributed by atoms with Crippen LogP contribution in [0.15, 0.2) is 30.6 Å². The maximum absolute atomic E-state index is 12.6. The van der Waals surface area contributed by atoms with Gasteiger partial charge in [0.25, 0.3) is 11.7 Å². The average molecular weight is 498 g/mol. The van der Waals surface area contributed by atoms with Crippen LogP contribution in [-0.4, -0.2) is 94.3 Å². The summed E-state index contributed by atoms with van der Waals surface area (Å²) >= 11 is 0. The molecule has 0 spiro atoms. The number of carbonyl (C=O) groups excluding carboxylic acids is 1. The molecule has 36 heavy (non-hydrogen) atoms. The Kier molecular flexibility index (Phi) is 7.31. The lowest BCUT2D eigenvalue weighted by molar-refractivity contribution is -0.141. The Morgan fingerprint density at radius 1 is 1.25 bits per heavy atom. The maximum Gasteiger partial charge on any atom is 0.288 e. The van der Waals surface area contributed by atoms with Crippen molar-refractivity contribution in [1.82, 2.24) is 14.9 Å². The first-order chi connectivity index (χ1) is 17.2. The molecule has 1 aromatic heterocycles. The number of benzene rings is 1. The number of carbonyl (C=O) groups is 1. The van der Waals surface area contributed by atoms with Crippen molar-refractivity contribution in [2.24, 2.45) is 5.41 Å². The zero-order chi connectivity index (χ0) is 26.0. The van der Waals surface area contributed by atoms with Gasteiger partial charge in [-0.2, -0.15) is 0 Å². The molecule has 2 saturated heterocycles. The van der Waals surface area contributed by atoms with E-state index in [0.29, 0.717) is 37.0 Å². The van der Waals surface area contributed by atoms with Gasteiger partial charge < -0.3 is 39.4 Å². The number of aliphatic hydroxyl groups excluding tert-OH is 3. The number of hydrogen-bond acceptors (Lipinski definition) is 9. The van der Waals surface area contributed by atoms with E-state index in [1.165, 1.54) is 11.1 Å². The van der Waals surface area contributed by atoms with Crippen molar-refractivity contribution in [3.63, 3.8) is 0 Å². The van der Waals surface area contributed by atoms with Crippen molar-refractivity contribution in [3.05, 3.63) is 47.6 Å². The molecule has 2 aliphatic heterocycles. The molecule has 11 nitrogen and oxygen atoms in total. The topological polar surface area (TPSA) is 133 Å². The average Bonchev–Trinajstić information content (AvgIpc) is 3.23. The summed E-state index contributed by atoms with van der Waals surface area (Å²) in [4.78, 5) is 27.6. The van der Waals surface area contributed by atoms with E-state index in [9.17, 15) is 20.1 Å². The van der Waals surface area contributed by atoms with Gasteiger partial charge in [0.2, 0.25) is 0 Å². The Hall–Kier alpha value is -3.46. The quantitative estimate of drug-likeness (QED) is 0.456. The summed E-state index contributed by atoms with van der Waals surface area (Å²) in [5, 5.41) is 29.7. The van der Waals surface area contributed by atoms with Crippen LogP contribution in [-0.2, 0) is 4.79 Å². The molecule has 3 heterocycles. The summed E-state index contributed by atoms with van der Waals surface area (Å²) in [7, 11) is 1.57. The predicted octanol–water partition coefficient (Wildman–Crippen LogP) is 0.970. The van der Waals surface area contributed by atoms with Gasteiger partial charge in [0.05, 0.1) is 39.1 Å². The second-order valence-corrected chi connectivity index (χ2v) is 9.55. The monoisotopic (exact) mass is 497 g/mol. The van der Waals surface area contributed by atoms with Gasteiger partial charge in [-0.3, -0.25) is 4.79 Å². The summed E-state index contributed by atoms with van der Waals surface area (Å²) in [5.41, 5.74) is 0.208. The van der Waals surface area contributed by atoms with E-state index in [2.05, 4.69) is 14.8 Å². The van der Waals surface area contributed by atoms with Gasteiger partial charge in [-0.15, -0.1) is 4.98 Å². The number of aromatic nitrogens is 2. The first kappa shape index (κ1) is 25.6. The largest absolute Gasteiger partial charge is 0.493 e. The molecule has 0 unspecified atom stereocenters. The van der Waals surface area contributed by atoms with Gasteiger partial charge in [-0.05, 0) is 24.6 Å². The lowest BCUT2D eigenvalue weighted by Crippen LogP contribution is -2.54. The minimum Gasteiger partial charge on any atom is -0.493 e. The number of rotatable bonds is 8. The molecule has 4 rings (SSSR count). The lowest BCUT2D eigenvalue weighted by atomic mass is 9.72. The third-order valence-corrected chi connectivity index (χ3v) is 7.25. The normalized spacial score (nSPS) is 23.5. The third kappa shape index (κ3) is 4.80. The van der Waals surface area contributed by atoms with Crippen LogP contribution in [0.3, 0.4) is 0 Å². The Bertz CT molecular complexity index is 1130. The fourth-order valence-corrected chi connectivity index (χ4v) is 4.80. The summed E-state index contributed by atoms with van der Waals surface area (Å²) in [6.45, 7) is 11.7. The van der Waals surface area contributed by atoms with Gasteiger partial charge in [0, 0.05) is 24.4 Å². The highest BCUT2D eigenvalue weighted by molar-refractivity contribution is 5.81. The molecule has 2 aliphatic rings.